The fourth-order valence-electron chi connectivity index (χ4n) is 2.71. The highest BCUT2D eigenvalue weighted by molar-refractivity contribution is 7.98. The number of benzene rings is 1. The summed E-state index contributed by atoms with van der Waals surface area (Å²) in [6, 6.07) is 10.1. The number of hydrogen-bond acceptors (Lipinski definition) is 4. The maximum absolute atomic E-state index is 11.7. The van der Waals surface area contributed by atoms with E-state index < -0.39 is 0 Å². The molecule has 120 valence electrons. The van der Waals surface area contributed by atoms with Crippen LogP contribution in [0.1, 0.15) is 12.0 Å². The van der Waals surface area contributed by atoms with E-state index in [-0.39, 0.29) is 12.0 Å². The highest BCUT2D eigenvalue weighted by Gasteiger charge is 2.25. The molecular weight excluding hydrogens is 308 g/mol. The summed E-state index contributed by atoms with van der Waals surface area (Å²) < 4.78 is 6.10. The van der Waals surface area contributed by atoms with Gasteiger partial charge in [-0.3, -0.25) is 9.78 Å². The first-order valence-electron chi connectivity index (χ1n) is 7.72. The monoisotopic (exact) mass is 328 g/mol. The number of carbonyl (C=O) groups excluding carboxylic acids is 1. The van der Waals surface area contributed by atoms with Crippen LogP contribution in [0.5, 0.6) is 5.75 Å². The Morgan fingerprint density at radius 3 is 3.09 bits per heavy atom. The van der Waals surface area contributed by atoms with Crippen LogP contribution in [0.15, 0.2) is 42.7 Å². The van der Waals surface area contributed by atoms with Crippen LogP contribution >= 0.6 is 11.8 Å². The van der Waals surface area contributed by atoms with E-state index in [0.29, 0.717) is 13.0 Å². The molecule has 0 saturated heterocycles. The highest BCUT2D eigenvalue weighted by Crippen LogP contribution is 2.38. The van der Waals surface area contributed by atoms with E-state index in [4.69, 9.17) is 4.74 Å². The van der Waals surface area contributed by atoms with Gasteiger partial charge in [0.25, 0.3) is 0 Å². The number of para-hydroxylation sites is 1. The lowest BCUT2D eigenvalue weighted by atomic mass is 10.0. The summed E-state index contributed by atoms with van der Waals surface area (Å²) in [6.07, 6.45) is 7.00. The number of thioether (sulfide) groups is 1. The Balaban J connectivity index is 1.66. The van der Waals surface area contributed by atoms with Gasteiger partial charge in [-0.2, -0.15) is 11.8 Å². The zero-order valence-corrected chi connectivity index (χ0v) is 13.9. The van der Waals surface area contributed by atoms with Crippen molar-refractivity contribution < 1.29 is 9.53 Å². The molecule has 0 bridgehead atoms. The second-order valence-corrected chi connectivity index (χ2v) is 6.51. The number of hydrogen-bond donors (Lipinski definition) is 1. The molecule has 5 heteroatoms. The van der Waals surface area contributed by atoms with E-state index in [1.807, 2.05) is 30.7 Å². The summed E-state index contributed by atoms with van der Waals surface area (Å²) in [5.74, 6) is 1.86. The molecule has 2 heterocycles. The highest BCUT2D eigenvalue weighted by atomic mass is 32.2. The first-order valence-corrected chi connectivity index (χ1v) is 9.12. The summed E-state index contributed by atoms with van der Waals surface area (Å²) in [6.45, 7) is 0.550. The van der Waals surface area contributed by atoms with E-state index in [1.165, 1.54) is 5.56 Å². The number of carbonyl (C=O) groups is 1. The number of pyridine rings is 1. The van der Waals surface area contributed by atoms with Crippen molar-refractivity contribution in [1.29, 1.82) is 0 Å². The average molecular weight is 328 g/mol. The Morgan fingerprint density at radius 2 is 2.30 bits per heavy atom. The fraction of sp³-hybridized carbons (Fsp3) is 0.333. The predicted molar refractivity (Wildman–Crippen MR) is 93.8 cm³/mol. The van der Waals surface area contributed by atoms with Crippen molar-refractivity contribution in [2.45, 2.75) is 18.9 Å². The summed E-state index contributed by atoms with van der Waals surface area (Å²) in [5.41, 5.74) is 3.30. The van der Waals surface area contributed by atoms with Crippen LogP contribution in [0.2, 0.25) is 0 Å². The zero-order valence-electron chi connectivity index (χ0n) is 13.1. The van der Waals surface area contributed by atoms with Gasteiger partial charge in [-0.25, -0.2) is 0 Å². The normalized spacial score (nSPS) is 15.8. The molecular formula is C18H20N2O2S. The van der Waals surface area contributed by atoms with Crippen molar-refractivity contribution in [2.75, 3.05) is 18.6 Å². The molecule has 1 aliphatic heterocycles. The number of ether oxygens (including phenoxy) is 1. The van der Waals surface area contributed by atoms with Gasteiger partial charge in [0.1, 0.15) is 11.9 Å². The molecule has 0 unspecified atom stereocenters. The molecule has 4 nitrogen and oxygen atoms in total. The molecule has 0 spiro atoms. The van der Waals surface area contributed by atoms with Crippen LogP contribution in [-0.4, -0.2) is 35.5 Å². The van der Waals surface area contributed by atoms with Crippen molar-refractivity contribution >= 4 is 17.7 Å². The molecule has 1 aromatic heterocycles. The third-order valence-electron chi connectivity index (χ3n) is 3.86. The topological polar surface area (TPSA) is 51.2 Å². The standard InChI is InChI=1S/C18H20N2O2S/c1-23-9-7-17(21)20-12-15-10-13-4-2-6-16(18(13)22-15)14-5-3-8-19-11-14/h2-6,8,11,15H,7,9-10,12H2,1H3,(H,20,21)/t15-/m1/s1. The molecule has 0 aliphatic carbocycles. The van der Waals surface area contributed by atoms with Gasteiger partial charge in [0.15, 0.2) is 0 Å². The lowest BCUT2D eigenvalue weighted by Crippen LogP contribution is -2.34. The summed E-state index contributed by atoms with van der Waals surface area (Å²) in [5, 5.41) is 2.96. The molecule has 3 rings (SSSR count). The molecule has 23 heavy (non-hydrogen) atoms. The maximum Gasteiger partial charge on any atom is 0.220 e. The van der Waals surface area contributed by atoms with Gasteiger partial charge in [-0.1, -0.05) is 24.3 Å². The van der Waals surface area contributed by atoms with Crippen LogP contribution in [0.25, 0.3) is 11.1 Å². The Morgan fingerprint density at radius 1 is 1.39 bits per heavy atom. The molecule has 0 radical (unpaired) electrons. The quantitative estimate of drug-likeness (QED) is 0.886. The number of fused-ring (bicyclic) bond motifs is 1. The van der Waals surface area contributed by atoms with Gasteiger partial charge in [0.05, 0.1) is 6.54 Å². The number of nitrogens with zero attached hydrogens (tertiary/aromatic N) is 1. The van der Waals surface area contributed by atoms with Crippen molar-refractivity contribution in [3.8, 4) is 16.9 Å². The third-order valence-corrected chi connectivity index (χ3v) is 4.47. The lowest BCUT2D eigenvalue weighted by molar-refractivity contribution is -0.121. The SMILES string of the molecule is CSCCC(=O)NC[C@H]1Cc2cccc(-c3cccnc3)c2O1. The van der Waals surface area contributed by atoms with Crippen LogP contribution in [0, 0.1) is 0 Å². The second-order valence-electron chi connectivity index (χ2n) is 5.53. The van der Waals surface area contributed by atoms with Gasteiger partial charge in [0, 0.05) is 42.1 Å². The summed E-state index contributed by atoms with van der Waals surface area (Å²) >= 11 is 1.68. The average Bonchev–Trinajstić information content (AvgIpc) is 3.02. The number of nitrogens with one attached hydrogen (secondary N) is 1. The largest absolute Gasteiger partial charge is 0.487 e. The molecule has 0 saturated carbocycles. The van der Waals surface area contributed by atoms with Gasteiger partial charge in [-0.05, 0) is 17.9 Å². The Labute approximate surface area is 140 Å². The van der Waals surface area contributed by atoms with Gasteiger partial charge in [0.2, 0.25) is 5.91 Å². The first kappa shape index (κ1) is 15.9. The minimum atomic E-state index is 0.000973. The maximum atomic E-state index is 11.7. The zero-order chi connectivity index (χ0) is 16.1. The molecule has 1 N–H and O–H groups in total. The number of aromatic nitrogens is 1. The minimum Gasteiger partial charge on any atom is -0.487 e. The molecule has 1 amide bonds. The number of rotatable bonds is 6. The Bertz CT molecular complexity index is 676. The van der Waals surface area contributed by atoms with E-state index in [0.717, 1.165) is 29.1 Å². The first-order chi connectivity index (χ1) is 11.3. The van der Waals surface area contributed by atoms with Crippen LogP contribution in [0.4, 0.5) is 0 Å². The summed E-state index contributed by atoms with van der Waals surface area (Å²) in [7, 11) is 0. The minimum absolute atomic E-state index is 0.000973. The smallest absolute Gasteiger partial charge is 0.220 e. The molecule has 1 atom stereocenters. The lowest BCUT2D eigenvalue weighted by Gasteiger charge is -2.13. The second kappa shape index (κ2) is 7.51. The van der Waals surface area contributed by atoms with Crippen molar-refractivity contribution in [3.63, 3.8) is 0 Å². The number of amides is 1. The van der Waals surface area contributed by atoms with Gasteiger partial charge < -0.3 is 10.1 Å². The van der Waals surface area contributed by atoms with E-state index in [1.54, 1.807) is 18.0 Å². The Hall–Kier alpha value is -2.01. The molecule has 2 aromatic rings. The van der Waals surface area contributed by atoms with E-state index in [2.05, 4.69) is 22.4 Å². The van der Waals surface area contributed by atoms with E-state index in [9.17, 15) is 4.79 Å². The third kappa shape index (κ3) is 3.85. The molecule has 1 aromatic carbocycles. The predicted octanol–water partition coefficient (Wildman–Crippen LogP) is 2.92. The van der Waals surface area contributed by atoms with Crippen molar-refractivity contribution in [2.24, 2.45) is 0 Å². The molecule has 1 aliphatic rings. The Kier molecular flexibility index (Phi) is 5.18. The molecule has 0 fully saturated rings. The van der Waals surface area contributed by atoms with Gasteiger partial charge in [-0.15, -0.1) is 0 Å². The summed E-state index contributed by atoms with van der Waals surface area (Å²) in [4.78, 5) is 15.9. The van der Waals surface area contributed by atoms with Gasteiger partial charge >= 0.3 is 0 Å². The van der Waals surface area contributed by atoms with Crippen molar-refractivity contribution in [1.82, 2.24) is 10.3 Å². The van der Waals surface area contributed by atoms with Crippen molar-refractivity contribution in [3.05, 3.63) is 48.3 Å². The van der Waals surface area contributed by atoms with Crippen LogP contribution in [0.3, 0.4) is 0 Å². The van der Waals surface area contributed by atoms with E-state index >= 15 is 0 Å². The van der Waals surface area contributed by atoms with Crippen LogP contribution < -0.4 is 10.1 Å². The van der Waals surface area contributed by atoms with Crippen LogP contribution in [-0.2, 0) is 11.2 Å². The fourth-order valence-corrected chi connectivity index (χ4v) is 3.10.